The number of hydrogen-bond acceptors (Lipinski definition) is 2. The topological polar surface area (TPSA) is 54.4 Å². The van der Waals surface area contributed by atoms with Crippen LogP contribution in [0, 0.1) is 5.92 Å². The van der Waals surface area contributed by atoms with Gasteiger partial charge in [-0.1, -0.05) is 105 Å². The number of carboxylic acids is 1. The van der Waals surface area contributed by atoms with Crippen LogP contribution in [0.4, 0.5) is 0 Å². The summed E-state index contributed by atoms with van der Waals surface area (Å²) >= 11 is 0. The fourth-order valence-corrected chi connectivity index (χ4v) is 7.99. The Morgan fingerprint density at radius 1 is 0.759 bits per heavy atom. The van der Waals surface area contributed by atoms with Gasteiger partial charge >= 0.3 is 5.97 Å². The smallest absolute Gasteiger partial charge is 0.340 e. The molecule has 0 aliphatic heterocycles. The molecular formula is C25H25O3P. The van der Waals surface area contributed by atoms with Crippen LogP contribution in [-0.2, 0) is 9.59 Å². The molecule has 29 heavy (non-hydrogen) atoms. The molecule has 4 heteroatoms. The highest BCUT2D eigenvalue weighted by Crippen LogP contribution is 2.46. The van der Waals surface area contributed by atoms with E-state index in [-0.39, 0.29) is 17.0 Å². The number of carboxylic acid groups (broad SMARTS) is 1. The van der Waals surface area contributed by atoms with E-state index in [1.165, 1.54) is 0 Å². The molecule has 0 saturated carbocycles. The molecule has 0 amide bonds. The third-order valence-electron chi connectivity index (χ3n) is 5.26. The molecule has 3 aromatic carbocycles. The maximum Gasteiger partial charge on any atom is 0.340 e. The van der Waals surface area contributed by atoms with Crippen LogP contribution in [-0.4, -0.2) is 22.2 Å². The average molecular weight is 404 g/mol. The van der Waals surface area contributed by atoms with E-state index in [0.717, 1.165) is 15.9 Å². The number of carbonyl (C=O) groups excluding carboxylic acids is 1. The number of aliphatic carboxylic acids is 1. The predicted molar refractivity (Wildman–Crippen MR) is 122 cm³/mol. The molecule has 3 nitrogen and oxygen atoms in total. The van der Waals surface area contributed by atoms with Crippen molar-refractivity contribution in [2.75, 3.05) is 0 Å². The summed E-state index contributed by atoms with van der Waals surface area (Å²) in [6.45, 7) is 0.844. The Hall–Kier alpha value is -2.90. The van der Waals surface area contributed by atoms with Crippen molar-refractivity contribution >= 4 is 39.8 Å². The summed E-state index contributed by atoms with van der Waals surface area (Å²) in [6, 6.07) is 28.8. The van der Waals surface area contributed by atoms with Crippen LogP contribution >= 0.6 is 6.89 Å². The van der Waals surface area contributed by atoms with Gasteiger partial charge in [0.05, 0.1) is 0 Å². The van der Waals surface area contributed by atoms with Gasteiger partial charge in [-0.05, 0) is 29.2 Å². The second-order valence-electron chi connectivity index (χ2n) is 7.00. The molecule has 148 valence electrons. The molecule has 1 atom stereocenters. The van der Waals surface area contributed by atoms with Gasteiger partial charge in [0.1, 0.15) is 5.29 Å². The van der Waals surface area contributed by atoms with E-state index in [4.69, 9.17) is 0 Å². The molecule has 0 bridgehead atoms. The van der Waals surface area contributed by atoms with E-state index >= 15 is 0 Å². The molecule has 1 unspecified atom stereocenters. The minimum atomic E-state index is -2.88. The predicted octanol–water partition coefficient (Wildman–Crippen LogP) is 3.85. The fraction of sp³-hybridized carbons (Fsp3) is 0.160. The van der Waals surface area contributed by atoms with Crippen molar-refractivity contribution in [3.8, 4) is 0 Å². The summed E-state index contributed by atoms with van der Waals surface area (Å²) in [6.07, 6.45) is 0.591. The molecule has 0 aliphatic rings. The lowest BCUT2D eigenvalue weighted by Crippen LogP contribution is -2.39. The van der Waals surface area contributed by atoms with Crippen LogP contribution in [0.1, 0.15) is 20.3 Å². The number of ketones is 1. The van der Waals surface area contributed by atoms with E-state index in [9.17, 15) is 14.7 Å². The summed E-state index contributed by atoms with van der Waals surface area (Å²) in [4.78, 5) is 26.2. The van der Waals surface area contributed by atoms with E-state index < -0.39 is 12.9 Å². The Morgan fingerprint density at radius 2 is 1.10 bits per heavy atom. The maximum absolute atomic E-state index is 13.5. The van der Waals surface area contributed by atoms with Crippen molar-refractivity contribution in [3.63, 3.8) is 0 Å². The number of benzene rings is 3. The van der Waals surface area contributed by atoms with Gasteiger partial charge in [-0.2, -0.15) is 0 Å². The Labute approximate surface area is 172 Å². The lowest BCUT2D eigenvalue weighted by atomic mass is 10.0. The van der Waals surface area contributed by atoms with E-state index in [1.54, 1.807) is 6.92 Å². The van der Waals surface area contributed by atoms with Crippen LogP contribution in [0.2, 0.25) is 0 Å². The van der Waals surface area contributed by atoms with Crippen molar-refractivity contribution in [2.24, 2.45) is 5.92 Å². The molecule has 3 aromatic rings. The zero-order valence-electron chi connectivity index (χ0n) is 16.7. The van der Waals surface area contributed by atoms with Crippen LogP contribution in [0.5, 0.6) is 0 Å². The molecule has 0 spiro atoms. The van der Waals surface area contributed by atoms with Gasteiger partial charge in [0.2, 0.25) is 0 Å². The number of rotatable bonds is 7. The fourth-order valence-electron chi connectivity index (χ4n) is 3.62. The first-order valence-electron chi connectivity index (χ1n) is 9.74. The Morgan fingerprint density at radius 3 is 1.38 bits per heavy atom. The van der Waals surface area contributed by atoms with Crippen molar-refractivity contribution in [1.82, 2.24) is 0 Å². The molecule has 0 saturated heterocycles. The van der Waals surface area contributed by atoms with Gasteiger partial charge in [-0.15, -0.1) is 0 Å². The lowest BCUT2D eigenvalue weighted by Gasteiger charge is -2.31. The van der Waals surface area contributed by atoms with Crippen molar-refractivity contribution in [2.45, 2.75) is 20.3 Å². The molecule has 0 radical (unpaired) electrons. The Kier molecular flexibility index (Phi) is 6.51. The first kappa shape index (κ1) is 20.8. The van der Waals surface area contributed by atoms with Crippen LogP contribution in [0.15, 0.2) is 91.0 Å². The standard InChI is InChI=1S/C25H25O3P/c1-3-19(2)23(26)24(25(27)28)29(20-13-7-4-8-14-20,21-15-9-5-10-16-21)22-17-11-6-12-18-22/h4-19H,3H2,1-2H3,(H,27,28). The third-order valence-corrected chi connectivity index (χ3v) is 9.56. The lowest BCUT2D eigenvalue weighted by molar-refractivity contribution is -0.130. The summed E-state index contributed by atoms with van der Waals surface area (Å²) in [7, 11) is 0. The molecule has 1 N–H and O–H groups in total. The number of hydrogen-bond donors (Lipinski definition) is 1. The molecule has 0 heterocycles. The van der Waals surface area contributed by atoms with E-state index in [1.807, 2.05) is 97.9 Å². The van der Waals surface area contributed by atoms with Crippen LogP contribution in [0.25, 0.3) is 0 Å². The molecule has 0 aliphatic carbocycles. The zero-order valence-corrected chi connectivity index (χ0v) is 17.6. The van der Waals surface area contributed by atoms with Gasteiger partial charge in [0, 0.05) is 5.92 Å². The van der Waals surface area contributed by atoms with Gasteiger partial charge in [0.15, 0.2) is 5.78 Å². The highest BCUT2D eigenvalue weighted by molar-refractivity contribution is 7.97. The average Bonchev–Trinajstić information content (AvgIpc) is 2.78. The largest absolute Gasteiger partial charge is 0.478 e. The Balaban J connectivity index is 2.62. The summed E-state index contributed by atoms with van der Waals surface area (Å²) in [5, 5.41) is 13.0. The number of Topliss-reactive ketones (excluding diaryl/α,β-unsaturated/α-hetero) is 1. The second-order valence-corrected chi connectivity index (χ2v) is 10.3. The van der Waals surface area contributed by atoms with E-state index in [0.29, 0.717) is 6.42 Å². The number of carbonyl (C=O) groups is 2. The molecular weight excluding hydrogens is 379 g/mol. The summed E-state index contributed by atoms with van der Waals surface area (Å²) in [5.41, 5.74) is 0. The highest BCUT2D eigenvalue weighted by atomic mass is 31.2. The summed E-state index contributed by atoms with van der Waals surface area (Å²) < 4.78 is 0. The van der Waals surface area contributed by atoms with Crippen molar-refractivity contribution < 1.29 is 14.7 Å². The monoisotopic (exact) mass is 404 g/mol. The van der Waals surface area contributed by atoms with Gasteiger partial charge in [-0.3, -0.25) is 4.79 Å². The van der Waals surface area contributed by atoms with Crippen molar-refractivity contribution in [3.05, 3.63) is 91.0 Å². The van der Waals surface area contributed by atoms with Gasteiger partial charge < -0.3 is 5.11 Å². The highest BCUT2D eigenvalue weighted by Gasteiger charge is 2.37. The quantitative estimate of drug-likeness (QED) is 0.481. The molecule has 0 fully saturated rings. The first-order valence-corrected chi connectivity index (χ1v) is 11.5. The van der Waals surface area contributed by atoms with Crippen LogP contribution < -0.4 is 15.9 Å². The van der Waals surface area contributed by atoms with Crippen LogP contribution in [0.3, 0.4) is 0 Å². The van der Waals surface area contributed by atoms with Crippen molar-refractivity contribution in [1.29, 1.82) is 0 Å². The minimum absolute atomic E-state index is 0.00421. The maximum atomic E-state index is 13.5. The first-order chi connectivity index (χ1) is 14.0. The summed E-state index contributed by atoms with van der Waals surface area (Å²) in [5.74, 6) is -1.79. The third kappa shape index (κ3) is 3.83. The SMILES string of the molecule is CCC(C)C(=O)C(C(=O)O)=P(c1ccccc1)(c1ccccc1)c1ccccc1. The van der Waals surface area contributed by atoms with Gasteiger partial charge in [0.25, 0.3) is 0 Å². The van der Waals surface area contributed by atoms with E-state index in [2.05, 4.69) is 0 Å². The zero-order chi connectivity index (χ0) is 20.9. The second kappa shape index (κ2) is 9.07. The Bertz CT molecular complexity index is 938. The molecule has 0 aromatic heterocycles. The normalized spacial score (nSPS) is 12.2. The minimum Gasteiger partial charge on any atom is -0.478 e. The van der Waals surface area contributed by atoms with Gasteiger partial charge in [-0.25, -0.2) is 4.79 Å². The molecule has 3 rings (SSSR count).